The minimum Gasteiger partial charge on any atom is -0.480 e. The van der Waals surface area contributed by atoms with Crippen molar-refractivity contribution in [3.63, 3.8) is 0 Å². The lowest BCUT2D eigenvalue weighted by Gasteiger charge is -2.21. The number of benzene rings is 1. The third-order valence-electron chi connectivity index (χ3n) is 4.98. The molecule has 0 saturated carbocycles. The van der Waals surface area contributed by atoms with Gasteiger partial charge in [0.15, 0.2) is 5.96 Å². The number of nitrogens with zero attached hydrogens (tertiary/aromatic N) is 1. The zero-order valence-corrected chi connectivity index (χ0v) is 20.2. The summed E-state index contributed by atoms with van der Waals surface area (Å²) in [5, 5.41) is 16.8. The van der Waals surface area contributed by atoms with Crippen LogP contribution >= 0.6 is 0 Å². The minimum atomic E-state index is -1.15. The van der Waals surface area contributed by atoms with Crippen LogP contribution in [-0.2, 0) is 25.6 Å². The number of hydrogen-bond donors (Lipinski definition) is 7. The van der Waals surface area contributed by atoms with Crippen LogP contribution in [0, 0.1) is 5.92 Å². The first-order valence-corrected chi connectivity index (χ1v) is 11.4. The van der Waals surface area contributed by atoms with Gasteiger partial charge in [-0.3, -0.25) is 19.4 Å². The number of carboxylic acid groups (broad SMARTS) is 1. The number of aliphatic carboxylic acids is 1. The van der Waals surface area contributed by atoms with E-state index in [1.807, 2.05) is 19.9 Å². The predicted octanol–water partition coefficient (Wildman–Crippen LogP) is -1.17. The van der Waals surface area contributed by atoms with Crippen molar-refractivity contribution in [2.75, 3.05) is 13.1 Å². The monoisotopic (exact) mass is 491 g/mol. The van der Waals surface area contributed by atoms with E-state index in [4.69, 9.17) is 17.2 Å². The van der Waals surface area contributed by atoms with Crippen LogP contribution in [0.2, 0.25) is 0 Å². The van der Waals surface area contributed by atoms with E-state index in [1.165, 1.54) is 0 Å². The van der Waals surface area contributed by atoms with Gasteiger partial charge >= 0.3 is 5.97 Å². The maximum absolute atomic E-state index is 12.8. The molecule has 10 N–H and O–H groups in total. The van der Waals surface area contributed by atoms with Crippen LogP contribution in [0.1, 0.15) is 38.7 Å². The maximum Gasteiger partial charge on any atom is 0.326 e. The SMILES string of the molecule is CC(C)CC(NC(=O)CNC(=O)C(Cc1ccccc1)NC(=O)C(N)CCCN=C(N)N)C(=O)O. The Hall–Kier alpha value is -3.67. The molecule has 12 heteroatoms. The van der Waals surface area contributed by atoms with Gasteiger partial charge in [-0.15, -0.1) is 0 Å². The first-order valence-electron chi connectivity index (χ1n) is 11.4. The molecule has 0 radical (unpaired) electrons. The first-order chi connectivity index (χ1) is 16.5. The highest BCUT2D eigenvalue weighted by molar-refractivity contribution is 5.92. The molecule has 1 aromatic carbocycles. The van der Waals surface area contributed by atoms with Crippen molar-refractivity contribution in [2.24, 2.45) is 28.1 Å². The number of amides is 3. The summed E-state index contributed by atoms with van der Waals surface area (Å²) in [6.45, 7) is 3.56. The summed E-state index contributed by atoms with van der Waals surface area (Å²) >= 11 is 0. The molecule has 12 nitrogen and oxygen atoms in total. The smallest absolute Gasteiger partial charge is 0.326 e. The van der Waals surface area contributed by atoms with Crippen molar-refractivity contribution in [3.8, 4) is 0 Å². The van der Waals surface area contributed by atoms with Gasteiger partial charge in [-0.1, -0.05) is 44.2 Å². The third-order valence-corrected chi connectivity index (χ3v) is 4.98. The van der Waals surface area contributed by atoms with Gasteiger partial charge in [-0.05, 0) is 30.7 Å². The molecule has 3 amide bonds. The van der Waals surface area contributed by atoms with Crippen molar-refractivity contribution in [1.82, 2.24) is 16.0 Å². The Morgan fingerprint density at radius 3 is 2.23 bits per heavy atom. The lowest BCUT2D eigenvalue weighted by molar-refractivity contribution is -0.142. The largest absolute Gasteiger partial charge is 0.480 e. The quantitative estimate of drug-likeness (QED) is 0.0898. The lowest BCUT2D eigenvalue weighted by Crippen LogP contribution is -2.54. The van der Waals surface area contributed by atoms with Crippen LogP contribution in [0.15, 0.2) is 35.3 Å². The normalized spacial score (nSPS) is 13.3. The second-order valence-corrected chi connectivity index (χ2v) is 8.61. The number of carboxylic acids is 1. The highest BCUT2D eigenvalue weighted by atomic mass is 16.4. The lowest BCUT2D eigenvalue weighted by atomic mass is 10.0. The van der Waals surface area contributed by atoms with E-state index in [1.54, 1.807) is 24.3 Å². The Morgan fingerprint density at radius 2 is 1.66 bits per heavy atom. The number of hydrogen-bond acceptors (Lipinski definition) is 6. The van der Waals surface area contributed by atoms with Crippen LogP contribution in [0.5, 0.6) is 0 Å². The zero-order chi connectivity index (χ0) is 26.4. The number of nitrogens with two attached hydrogens (primary N) is 3. The van der Waals surface area contributed by atoms with Crippen molar-refractivity contribution in [3.05, 3.63) is 35.9 Å². The third kappa shape index (κ3) is 12.4. The molecule has 0 bridgehead atoms. The van der Waals surface area contributed by atoms with E-state index in [9.17, 15) is 24.3 Å². The Labute approximate surface area is 205 Å². The highest BCUT2D eigenvalue weighted by Gasteiger charge is 2.25. The predicted molar refractivity (Wildman–Crippen MR) is 132 cm³/mol. The molecule has 0 aliphatic rings. The highest BCUT2D eigenvalue weighted by Crippen LogP contribution is 2.06. The standard InChI is InChI=1S/C23H37N7O5/c1-14(2)11-18(22(34)35)29-19(31)13-28-21(33)17(12-15-7-4-3-5-8-15)30-20(32)16(24)9-6-10-27-23(25)26/h3-5,7-8,14,16-18H,6,9-13,24H2,1-2H3,(H,28,33)(H,29,31)(H,30,32)(H,34,35)(H4,25,26,27). The van der Waals surface area contributed by atoms with Gasteiger partial charge in [0, 0.05) is 13.0 Å². The van der Waals surface area contributed by atoms with Crippen molar-refractivity contribution >= 4 is 29.7 Å². The van der Waals surface area contributed by atoms with Crippen molar-refractivity contribution in [2.45, 2.75) is 57.7 Å². The van der Waals surface area contributed by atoms with Gasteiger partial charge in [0.25, 0.3) is 0 Å². The van der Waals surface area contributed by atoms with Gasteiger partial charge in [0.1, 0.15) is 12.1 Å². The molecular weight excluding hydrogens is 454 g/mol. The molecule has 3 unspecified atom stereocenters. The number of aliphatic imine (C=N–C) groups is 1. The summed E-state index contributed by atoms with van der Waals surface area (Å²) in [5.41, 5.74) is 17.3. The van der Waals surface area contributed by atoms with E-state index in [-0.39, 0.29) is 24.7 Å². The summed E-state index contributed by atoms with van der Waals surface area (Å²) in [5.74, 6) is -2.92. The first kappa shape index (κ1) is 29.4. The van der Waals surface area contributed by atoms with Crippen molar-refractivity contribution < 1.29 is 24.3 Å². The summed E-state index contributed by atoms with van der Waals surface area (Å²) < 4.78 is 0. The van der Waals surface area contributed by atoms with E-state index in [0.29, 0.717) is 19.4 Å². The van der Waals surface area contributed by atoms with E-state index in [2.05, 4.69) is 20.9 Å². The fourth-order valence-corrected chi connectivity index (χ4v) is 3.22. The van der Waals surface area contributed by atoms with Crippen LogP contribution < -0.4 is 33.2 Å². The van der Waals surface area contributed by atoms with E-state index >= 15 is 0 Å². The molecule has 0 aliphatic carbocycles. The number of carbonyl (C=O) groups is 4. The molecule has 3 atom stereocenters. The summed E-state index contributed by atoms with van der Waals surface area (Å²) in [4.78, 5) is 52.8. The van der Waals surface area contributed by atoms with Gasteiger partial charge in [-0.25, -0.2) is 4.79 Å². The molecule has 0 fully saturated rings. The Bertz CT molecular complexity index is 872. The van der Waals surface area contributed by atoms with Crippen LogP contribution in [0.25, 0.3) is 0 Å². The fraction of sp³-hybridized carbons (Fsp3) is 0.522. The fourth-order valence-electron chi connectivity index (χ4n) is 3.22. The van der Waals surface area contributed by atoms with Gasteiger partial charge < -0.3 is 38.3 Å². The average molecular weight is 492 g/mol. The molecule has 1 aromatic rings. The zero-order valence-electron chi connectivity index (χ0n) is 20.2. The van der Waals surface area contributed by atoms with Crippen molar-refractivity contribution in [1.29, 1.82) is 0 Å². The van der Waals surface area contributed by atoms with Crippen LogP contribution in [0.4, 0.5) is 0 Å². The minimum absolute atomic E-state index is 0.0504. The number of nitrogens with one attached hydrogen (secondary N) is 3. The number of rotatable bonds is 15. The van der Waals surface area contributed by atoms with Gasteiger partial charge in [-0.2, -0.15) is 0 Å². The van der Waals surface area contributed by atoms with Crippen LogP contribution in [0.3, 0.4) is 0 Å². The molecule has 0 saturated heterocycles. The molecule has 0 heterocycles. The Balaban J connectivity index is 2.76. The molecular formula is C23H37N7O5. The second-order valence-electron chi connectivity index (χ2n) is 8.61. The van der Waals surface area contributed by atoms with E-state index < -0.39 is 48.4 Å². The Morgan fingerprint density at radius 1 is 1.00 bits per heavy atom. The Kier molecular flexibility index (Phi) is 12.8. The van der Waals surface area contributed by atoms with Crippen LogP contribution in [-0.4, -0.2) is 66.0 Å². The summed E-state index contributed by atoms with van der Waals surface area (Å²) in [6.07, 6.45) is 1.20. The average Bonchev–Trinajstić information content (AvgIpc) is 2.79. The molecule has 0 aromatic heterocycles. The number of guanidine groups is 1. The van der Waals surface area contributed by atoms with Gasteiger partial charge in [0.05, 0.1) is 12.6 Å². The second kappa shape index (κ2) is 15.3. The molecule has 194 valence electrons. The molecule has 1 rings (SSSR count). The maximum atomic E-state index is 12.8. The molecule has 35 heavy (non-hydrogen) atoms. The molecule has 0 spiro atoms. The molecule has 0 aliphatic heterocycles. The number of carbonyl (C=O) groups excluding carboxylic acids is 3. The van der Waals surface area contributed by atoms with Gasteiger partial charge in [0.2, 0.25) is 17.7 Å². The topological polar surface area (TPSA) is 215 Å². The van der Waals surface area contributed by atoms with E-state index in [0.717, 1.165) is 5.56 Å². The summed E-state index contributed by atoms with van der Waals surface area (Å²) in [6, 6.07) is 6.10. The summed E-state index contributed by atoms with van der Waals surface area (Å²) in [7, 11) is 0.